The monoisotopic (exact) mass is 279 g/mol. The van der Waals surface area contributed by atoms with Gasteiger partial charge in [-0.1, -0.05) is 17.8 Å². The maximum Gasteiger partial charge on any atom is 0.292 e. The number of nitro groups is 1. The Morgan fingerprint density at radius 3 is 2.89 bits per heavy atom. The largest absolute Gasteiger partial charge is 0.440 e. The fourth-order valence-electron chi connectivity index (χ4n) is 1.58. The number of aryl methyl sites for hydroxylation is 1. The van der Waals surface area contributed by atoms with Crippen molar-refractivity contribution in [2.45, 2.75) is 17.9 Å². The Morgan fingerprint density at radius 1 is 1.53 bits per heavy atom. The summed E-state index contributed by atoms with van der Waals surface area (Å²) in [6, 6.07) is 5.01. The van der Waals surface area contributed by atoms with E-state index in [1.807, 2.05) is 6.92 Å². The van der Waals surface area contributed by atoms with Gasteiger partial charge in [-0.05, 0) is 18.6 Å². The summed E-state index contributed by atoms with van der Waals surface area (Å²) in [5.41, 5.74) is 2.38. The first-order valence-electron chi connectivity index (χ1n) is 5.60. The van der Waals surface area contributed by atoms with Gasteiger partial charge in [0.05, 0.1) is 10.6 Å². The summed E-state index contributed by atoms with van der Waals surface area (Å²) in [6.45, 7) is 1.86. The van der Waals surface area contributed by atoms with Gasteiger partial charge in [0.1, 0.15) is 12.0 Å². The van der Waals surface area contributed by atoms with Crippen molar-refractivity contribution in [1.82, 2.24) is 4.98 Å². The second kappa shape index (κ2) is 5.75. The molecule has 2 rings (SSSR count). The zero-order valence-electron chi connectivity index (χ0n) is 10.5. The third-order valence-corrected chi connectivity index (χ3v) is 3.40. The van der Waals surface area contributed by atoms with Crippen LogP contribution in [0.25, 0.3) is 0 Å². The van der Waals surface area contributed by atoms with Crippen molar-refractivity contribution in [3.63, 3.8) is 0 Å². The summed E-state index contributed by atoms with van der Waals surface area (Å²) in [5, 5.41) is 14.2. The molecule has 0 saturated carbocycles. The van der Waals surface area contributed by atoms with Gasteiger partial charge in [0.2, 0.25) is 0 Å². The van der Waals surface area contributed by atoms with E-state index in [-0.39, 0.29) is 5.69 Å². The summed E-state index contributed by atoms with van der Waals surface area (Å²) in [4.78, 5) is 14.6. The van der Waals surface area contributed by atoms with E-state index in [1.165, 1.54) is 17.8 Å². The molecule has 1 N–H and O–H groups in total. The Morgan fingerprint density at radius 2 is 2.32 bits per heavy atom. The maximum absolute atomic E-state index is 10.8. The topological polar surface area (TPSA) is 81.2 Å². The van der Waals surface area contributed by atoms with E-state index >= 15 is 0 Å². The van der Waals surface area contributed by atoms with Gasteiger partial charge < -0.3 is 9.73 Å². The molecule has 0 radical (unpaired) electrons. The molecule has 19 heavy (non-hydrogen) atoms. The van der Waals surface area contributed by atoms with Gasteiger partial charge in [-0.2, -0.15) is 0 Å². The van der Waals surface area contributed by atoms with Crippen molar-refractivity contribution in [1.29, 1.82) is 0 Å². The van der Waals surface area contributed by atoms with Gasteiger partial charge in [0.15, 0.2) is 0 Å². The van der Waals surface area contributed by atoms with Gasteiger partial charge in [0, 0.05) is 18.9 Å². The number of benzene rings is 1. The summed E-state index contributed by atoms with van der Waals surface area (Å²) in [7, 11) is 1.66. The van der Waals surface area contributed by atoms with Gasteiger partial charge in [-0.3, -0.25) is 10.1 Å². The number of nitrogens with zero attached hydrogens (tertiary/aromatic N) is 2. The average Bonchev–Trinajstić information content (AvgIpc) is 2.81. The Bertz CT molecular complexity index is 598. The number of nitrogens with one attached hydrogen (secondary N) is 1. The molecule has 0 aliphatic rings. The van der Waals surface area contributed by atoms with Crippen LogP contribution in [0, 0.1) is 17.0 Å². The first-order chi connectivity index (χ1) is 9.10. The van der Waals surface area contributed by atoms with E-state index in [9.17, 15) is 10.1 Å². The summed E-state index contributed by atoms with van der Waals surface area (Å²) in [6.07, 6.45) is 1.59. The lowest BCUT2D eigenvalue weighted by atomic mass is 10.2. The number of oxazole rings is 1. The fourth-order valence-corrected chi connectivity index (χ4v) is 2.37. The number of anilines is 1. The second-order valence-corrected chi connectivity index (χ2v) is 4.83. The Kier molecular flexibility index (Phi) is 4.06. The van der Waals surface area contributed by atoms with Crippen LogP contribution in [0.4, 0.5) is 11.4 Å². The van der Waals surface area contributed by atoms with Crippen LogP contribution in [0.5, 0.6) is 0 Å². The van der Waals surface area contributed by atoms with E-state index in [2.05, 4.69) is 10.3 Å². The van der Waals surface area contributed by atoms with Crippen LogP contribution in [-0.2, 0) is 5.75 Å². The molecule has 0 amide bonds. The lowest BCUT2D eigenvalue weighted by Gasteiger charge is -2.04. The van der Waals surface area contributed by atoms with Crippen LogP contribution in [0.1, 0.15) is 11.3 Å². The quantitative estimate of drug-likeness (QED) is 0.514. The predicted octanol–water partition coefficient (Wildman–Crippen LogP) is 3.23. The van der Waals surface area contributed by atoms with E-state index in [4.69, 9.17) is 4.42 Å². The number of hydrogen-bond acceptors (Lipinski definition) is 6. The van der Waals surface area contributed by atoms with E-state index in [1.54, 1.807) is 25.4 Å². The maximum atomic E-state index is 10.8. The molecular weight excluding hydrogens is 266 g/mol. The van der Waals surface area contributed by atoms with Crippen LogP contribution in [-0.4, -0.2) is 17.0 Å². The van der Waals surface area contributed by atoms with E-state index in [0.29, 0.717) is 16.7 Å². The minimum absolute atomic E-state index is 0.0724. The van der Waals surface area contributed by atoms with Crippen LogP contribution < -0.4 is 5.32 Å². The fraction of sp³-hybridized carbons (Fsp3) is 0.250. The Balaban J connectivity index is 2.11. The highest BCUT2D eigenvalue weighted by Crippen LogP contribution is 2.28. The van der Waals surface area contributed by atoms with Gasteiger partial charge in [-0.25, -0.2) is 4.98 Å². The predicted molar refractivity (Wildman–Crippen MR) is 73.4 cm³/mol. The van der Waals surface area contributed by atoms with Crippen molar-refractivity contribution < 1.29 is 9.34 Å². The molecule has 0 atom stereocenters. The Labute approximate surface area is 114 Å². The molecule has 0 unspecified atom stereocenters. The van der Waals surface area contributed by atoms with E-state index < -0.39 is 4.92 Å². The minimum atomic E-state index is -0.403. The van der Waals surface area contributed by atoms with Crippen molar-refractivity contribution in [3.05, 3.63) is 45.8 Å². The molecule has 0 aliphatic heterocycles. The van der Waals surface area contributed by atoms with Crippen molar-refractivity contribution in [2.75, 3.05) is 12.4 Å². The average molecular weight is 279 g/mol. The zero-order chi connectivity index (χ0) is 13.8. The number of hydrogen-bond donors (Lipinski definition) is 1. The number of aromatic nitrogens is 1. The van der Waals surface area contributed by atoms with Crippen molar-refractivity contribution in [3.8, 4) is 0 Å². The summed E-state index contributed by atoms with van der Waals surface area (Å²) >= 11 is 1.45. The third kappa shape index (κ3) is 3.25. The molecule has 1 heterocycles. The normalized spacial score (nSPS) is 10.4. The van der Waals surface area contributed by atoms with E-state index in [0.717, 1.165) is 11.3 Å². The minimum Gasteiger partial charge on any atom is -0.440 e. The smallest absolute Gasteiger partial charge is 0.292 e. The highest BCUT2D eigenvalue weighted by Gasteiger charge is 2.13. The zero-order valence-corrected chi connectivity index (χ0v) is 11.4. The first kappa shape index (κ1) is 13.4. The molecule has 0 fully saturated rings. The second-order valence-electron chi connectivity index (χ2n) is 3.90. The molecule has 0 saturated heterocycles. The molecule has 7 heteroatoms. The summed E-state index contributed by atoms with van der Waals surface area (Å²) < 4.78 is 5.23. The summed E-state index contributed by atoms with van der Waals surface area (Å²) in [5.74, 6) is 0.645. The van der Waals surface area contributed by atoms with Gasteiger partial charge >= 0.3 is 0 Å². The molecule has 2 aromatic rings. The van der Waals surface area contributed by atoms with Crippen molar-refractivity contribution in [2.24, 2.45) is 0 Å². The van der Waals surface area contributed by atoms with Gasteiger partial charge in [0.25, 0.3) is 10.9 Å². The molecule has 1 aromatic heterocycles. The van der Waals surface area contributed by atoms with Crippen molar-refractivity contribution >= 4 is 23.1 Å². The van der Waals surface area contributed by atoms with Crippen LogP contribution >= 0.6 is 11.8 Å². The van der Waals surface area contributed by atoms with Crippen LogP contribution in [0.3, 0.4) is 0 Å². The number of nitro benzene ring substituents is 1. The molecular formula is C12H13N3O3S. The van der Waals surface area contributed by atoms with Crippen LogP contribution in [0.15, 0.2) is 34.1 Å². The molecule has 100 valence electrons. The molecule has 0 aliphatic carbocycles. The van der Waals surface area contributed by atoms with Gasteiger partial charge in [-0.15, -0.1) is 0 Å². The highest BCUT2D eigenvalue weighted by molar-refractivity contribution is 7.98. The molecule has 0 spiro atoms. The highest BCUT2D eigenvalue weighted by atomic mass is 32.2. The standard InChI is InChI=1S/C12H13N3O3S/c1-8-6-18-12(14-8)19-7-9-3-4-11(15(16)17)10(5-9)13-2/h3-6,13H,7H2,1-2H3. The molecule has 0 bridgehead atoms. The number of thioether (sulfide) groups is 1. The first-order valence-corrected chi connectivity index (χ1v) is 6.58. The SMILES string of the molecule is CNc1cc(CSc2nc(C)co2)ccc1[N+](=O)[O-]. The Hall–Kier alpha value is -2.02. The lowest BCUT2D eigenvalue weighted by molar-refractivity contribution is -0.383. The molecule has 1 aromatic carbocycles. The third-order valence-electron chi connectivity index (χ3n) is 2.49. The molecule has 6 nitrogen and oxygen atoms in total. The lowest BCUT2D eigenvalue weighted by Crippen LogP contribution is -1.97. The number of rotatable bonds is 5. The van der Waals surface area contributed by atoms with Crippen LogP contribution in [0.2, 0.25) is 0 Å².